The van der Waals surface area contributed by atoms with E-state index in [1.165, 1.54) is 12.1 Å². The number of nitrogens with zero attached hydrogens (tertiary/aromatic N) is 4. The molecule has 0 amide bonds. The van der Waals surface area contributed by atoms with Gasteiger partial charge < -0.3 is 15.5 Å². The van der Waals surface area contributed by atoms with Gasteiger partial charge in [0.2, 0.25) is 11.9 Å². The van der Waals surface area contributed by atoms with Crippen molar-refractivity contribution in [3.8, 4) is 11.4 Å². The van der Waals surface area contributed by atoms with Gasteiger partial charge in [-0.1, -0.05) is 23.2 Å². The molecule has 0 bridgehead atoms. The quantitative estimate of drug-likeness (QED) is 0.384. The van der Waals surface area contributed by atoms with Crippen molar-refractivity contribution in [3.05, 3.63) is 58.1 Å². The fraction of sp³-hybridized carbons (Fsp3) is 0.286. The molecule has 0 aliphatic heterocycles. The van der Waals surface area contributed by atoms with E-state index in [9.17, 15) is 13.2 Å². The molecule has 0 spiro atoms. The zero-order valence-corrected chi connectivity index (χ0v) is 18.9. The summed E-state index contributed by atoms with van der Waals surface area (Å²) in [4.78, 5) is 15.2. The van der Waals surface area contributed by atoms with E-state index in [4.69, 9.17) is 23.2 Å². The second kappa shape index (κ2) is 10.3. The van der Waals surface area contributed by atoms with E-state index in [2.05, 4.69) is 30.5 Å². The van der Waals surface area contributed by atoms with Gasteiger partial charge in [0.15, 0.2) is 5.82 Å². The number of nitrogens with one attached hydrogen (secondary N) is 2. The van der Waals surface area contributed by atoms with Crippen molar-refractivity contribution < 1.29 is 13.2 Å². The fourth-order valence-electron chi connectivity index (χ4n) is 2.78. The van der Waals surface area contributed by atoms with Gasteiger partial charge in [0.25, 0.3) is 0 Å². The van der Waals surface area contributed by atoms with E-state index in [1.807, 2.05) is 14.1 Å². The Hall–Kier alpha value is -2.62. The van der Waals surface area contributed by atoms with Crippen LogP contribution in [0.4, 0.5) is 30.8 Å². The van der Waals surface area contributed by atoms with Crippen LogP contribution in [0.1, 0.15) is 12.0 Å². The van der Waals surface area contributed by atoms with E-state index in [0.29, 0.717) is 28.9 Å². The maximum absolute atomic E-state index is 13.2. The number of hydrogen-bond acceptors (Lipinski definition) is 6. The van der Waals surface area contributed by atoms with Crippen LogP contribution in [0, 0.1) is 0 Å². The van der Waals surface area contributed by atoms with Crippen LogP contribution < -0.4 is 10.6 Å². The van der Waals surface area contributed by atoms with Crippen LogP contribution in [0.15, 0.2) is 42.5 Å². The summed E-state index contributed by atoms with van der Waals surface area (Å²) in [7, 11) is 3.95. The summed E-state index contributed by atoms with van der Waals surface area (Å²) in [6.07, 6.45) is -3.73. The average molecular weight is 485 g/mol. The van der Waals surface area contributed by atoms with E-state index >= 15 is 0 Å². The second-order valence-electron chi connectivity index (χ2n) is 7.21. The van der Waals surface area contributed by atoms with Gasteiger partial charge in [-0.3, -0.25) is 0 Å². The monoisotopic (exact) mass is 484 g/mol. The Kier molecular flexibility index (Phi) is 7.76. The van der Waals surface area contributed by atoms with Gasteiger partial charge >= 0.3 is 6.18 Å². The zero-order chi connectivity index (χ0) is 23.3. The Morgan fingerprint density at radius 3 is 2.28 bits per heavy atom. The lowest BCUT2D eigenvalue weighted by atomic mass is 10.2. The SMILES string of the molecule is CN(C)CCCNc1nc(Nc2ccc(Cl)c(C(F)(F)F)c2)nc(-c2ccc(Cl)cc2)n1. The molecule has 0 radical (unpaired) electrons. The summed E-state index contributed by atoms with van der Waals surface area (Å²) in [6.45, 7) is 1.49. The highest BCUT2D eigenvalue weighted by molar-refractivity contribution is 6.31. The summed E-state index contributed by atoms with van der Waals surface area (Å²) in [5.41, 5.74) is -0.116. The molecule has 0 saturated heterocycles. The maximum atomic E-state index is 13.2. The van der Waals surface area contributed by atoms with Crippen molar-refractivity contribution in [1.29, 1.82) is 0 Å². The second-order valence-corrected chi connectivity index (χ2v) is 8.06. The first kappa shape index (κ1) is 24.0. The third kappa shape index (κ3) is 6.69. The molecule has 32 heavy (non-hydrogen) atoms. The minimum atomic E-state index is -4.58. The molecule has 3 rings (SSSR count). The maximum Gasteiger partial charge on any atom is 0.417 e. The van der Waals surface area contributed by atoms with Crippen LogP contribution in [0.5, 0.6) is 0 Å². The van der Waals surface area contributed by atoms with Gasteiger partial charge in [-0.15, -0.1) is 0 Å². The fourth-order valence-corrected chi connectivity index (χ4v) is 3.13. The first-order valence-electron chi connectivity index (χ1n) is 9.66. The van der Waals surface area contributed by atoms with Gasteiger partial charge in [-0.25, -0.2) is 0 Å². The number of hydrogen-bond donors (Lipinski definition) is 2. The van der Waals surface area contributed by atoms with E-state index in [0.717, 1.165) is 19.0 Å². The molecule has 11 heteroatoms. The summed E-state index contributed by atoms with van der Waals surface area (Å²) in [5.74, 6) is 0.742. The average Bonchev–Trinajstić information content (AvgIpc) is 2.72. The van der Waals surface area contributed by atoms with Crippen molar-refractivity contribution in [2.45, 2.75) is 12.6 Å². The molecule has 0 fully saturated rings. The predicted octanol–water partition coefficient (Wildman–Crippen LogP) is 5.97. The highest BCUT2D eigenvalue weighted by Gasteiger charge is 2.33. The molecule has 2 aromatic carbocycles. The van der Waals surface area contributed by atoms with Crippen molar-refractivity contribution in [1.82, 2.24) is 19.9 Å². The highest BCUT2D eigenvalue weighted by atomic mass is 35.5. The number of halogens is 5. The zero-order valence-electron chi connectivity index (χ0n) is 17.3. The molecule has 0 aliphatic rings. The molecule has 1 heterocycles. The Morgan fingerprint density at radius 1 is 0.938 bits per heavy atom. The minimum Gasteiger partial charge on any atom is -0.354 e. The number of benzene rings is 2. The first-order chi connectivity index (χ1) is 15.1. The van der Waals surface area contributed by atoms with Crippen LogP contribution in [-0.4, -0.2) is 47.0 Å². The van der Waals surface area contributed by atoms with Gasteiger partial charge in [-0.05, 0) is 69.5 Å². The molecule has 6 nitrogen and oxygen atoms in total. The lowest BCUT2D eigenvalue weighted by Gasteiger charge is -2.14. The molecule has 170 valence electrons. The number of aromatic nitrogens is 3. The Bertz CT molecular complexity index is 1060. The summed E-state index contributed by atoms with van der Waals surface area (Å²) in [5, 5.41) is 6.13. The number of rotatable bonds is 8. The van der Waals surface area contributed by atoms with Gasteiger partial charge in [-0.2, -0.15) is 28.1 Å². The third-order valence-corrected chi connectivity index (χ3v) is 4.91. The van der Waals surface area contributed by atoms with Gasteiger partial charge in [0, 0.05) is 22.8 Å². The highest BCUT2D eigenvalue weighted by Crippen LogP contribution is 2.36. The predicted molar refractivity (Wildman–Crippen MR) is 122 cm³/mol. The van der Waals surface area contributed by atoms with Crippen molar-refractivity contribution >= 4 is 40.8 Å². The van der Waals surface area contributed by atoms with E-state index < -0.39 is 11.7 Å². The normalized spacial score (nSPS) is 11.6. The van der Waals surface area contributed by atoms with Crippen LogP contribution in [0.2, 0.25) is 10.0 Å². The standard InChI is InChI=1S/C21H21Cl2F3N6/c1-32(2)11-3-10-27-19-29-18(13-4-6-14(22)7-5-13)30-20(31-19)28-15-8-9-17(23)16(12-15)21(24,25)26/h4-9,12H,3,10-11H2,1-2H3,(H2,27,28,29,30,31). The van der Waals surface area contributed by atoms with Crippen LogP contribution in [-0.2, 0) is 6.18 Å². The molecule has 3 aromatic rings. The lowest BCUT2D eigenvalue weighted by Crippen LogP contribution is -2.17. The topological polar surface area (TPSA) is 66.0 Å². The molecular weight excluding hydrogens is 464 g/mol. The Labute approximate surface area is 193 Å². The van der Waals surface area contributed by atoms with Crippen LogP contribution in [0.3, 0.4) is 0 Å². The van der Waals surface area contributed by atoms with E-state index in [-0.39, 0.29) is 16.7 Å². The van der Waals surface area contributed by atoms with Crippen LogP contribution in [0.25, 0.3) is 11.4 Å². The smallest absolute Gasteiger partial charge is 0.354 e. The number of alkyl halides is 3. The molecule has 2 N–H and O–H groups in total. The Balaban J connectivity index is 1.91. The largest absolute Gasteiger partial charge is 0.417 e. The first-order valence-corrected chi connectivity index (χ1v) is 10.4. The van der Waals surface area contributed by atoms with Gasteiger partial charge in [0.05, 0.1) is 10.6 Å². The molecule has 0 atom stereocenters. The molecule has 1 aromatic heterocycles. The summed E-state index contributed by atoms with van der Waals surface area (Å²) in [6, 6.07) is 10.4. The van der Waals surface area contributed by atoms with Crippen LogP contribution >= 0.6 is 23.2 Å². The molecule has 0 aliphatic carbocycles. The number of anilines is 3. The third-order valence-electron chi connectivity index (χ3n) is 4.33. The van der Waals surface area contributed by atoms with Gasteiger partial charge in [0.1, 0.15) is 0 Å². The molecule has 0 saturated carbocycles. The Morgan fingerprint density at radius 2 is 1.62 bits per heavy atom. The van der Waals surface area contributed by atoms with E-state index in [1.54, 1.807) is 24.3 Å². The molecule has 0 unspecified atom stereocenters. The summed E-state index contributed by atoms with van der Waals surface area (Å²) >= 11 is 11.7. The molecular formula is C21H21Cl2F3N6. The van der Waals surface area contributed by atoms with Crippen molar-refractivity contribution in [3.63, 3.8) is 0 Å². The lowest BCUT2D eigenvalue weighted by molar-refractivity contribution is -0.137. The van der Waals surface area contributed by atoms with Crippen molar-refractivity contribution in [2.75, 3.05) is 37.8 Å². The summed E-state index contributed by atoms with van der Waals surface area (Å²) < 4.78 is 39.6. The van der Waals surface area contributed by atoms with Crippen molar-refractivity contribution in [2.24, 2.45) is 0 Å². The minimum absolute atomic E-state index is 0.0931.